The zero-order valence-electron chi connectivity index (χ0n) is 10.9. The lowest BCUT2D eigenvalue weighted by Gasteiger charge is -2.21. The summed E-state index contributed by atoms with van der Waals surface area (Å²) in [5.74, 6) is 0.398. The topological polar surface area (TPSA) is 116 Å². The molecule has 0 radical (unpaired) electrons. The second kappa shape index (κ2) is 5.63. The Morgan fingerprint density at radius 3 is 2.95 bits per heavy atom. The number of amides is 3. The van der Waals surface area contributed by atoms with Crippen LogP contribution in [0.1, 0.15) is 20.3 Å². The first-order chi connectivity index (χ1) is 9.06. The number of H-pyrrole nitrogens is 1. The molecule has 1 aliphatic heterocycles. The maximum Gasteiger partial charge on any atom is 0.321 e. The molecule has 0 spiro atoms. The van der Waals surface area contributed by atoms with Gasteiger partial charge in [-0.1, -0.05) is 5.10 Å². The summed E-state index contributed by atoms with van der Waals surface area (Å²) in [5.41, 5.74) is 0. The molecule has 104 valence electrons. The number of aromatic amines is 1. The van der Waals surface area contributed by atoms with E-state index in [1.54, 1.807) is 0 Å². The van der Waals surface area contributed by atoms with Crippen LogP contribution in [-0.4, -0.2) is 56.6 Å². The Morgan fingerprint density at radius 2 is 2.37 bits per heavy atom. The summed E-state index contributed by atoms with van der Waals surface area (Å²) < 4.78 is 0. The molecular formula is C10H17N7O2. The van der Waals surface area contributed by atoms with Crippen molar-refractivity contribution in [3.63, 3.8) is 0 Å². The van der Waals surface area contributed by atoms with E-state index in [1.165, 1.54) is 0 Å². The number of carbonyl (C=O) groups is 2. The van der Waals surface area contributed by atoms with Gasteiger partial charge in [-0.3, -0.25) is 10.1 Å². The molecule has 1 aliphatic rings. The monoisotopic (exact) mass is 267 g/mol. The molecule has 1 unspecified atom stereocenters. The summed E-state index contributed by atoms with van der Waals surface area (Å²) >= 11 is 0. The number of hydrogen-bond donors (Lipinski definition) is 3. The average Bonchev–Trinajstić information content (AvgIpc) is 2.96. The van der Waals surface area contributed by atoms with Gasteiger partial charge in [0.05, 0.1) is 0 Å². The highest BCUT2D eigenvalue weighted by Crippen LogP contribution is 2.19. The minimum atomic E-state index is -0.406. The standard InChI is InChI=1S/C10H17N7O2/c1-6(2)17-5-7(3-8(17)18)4-11-10(19)12-9-13-15-16-14-9/h6-7H,3-5H2,1-2H3,(H3,11,12,13,14,15,16,19). The normalized spacial score (nSPS) is 19.0. The van der Waals surface area contributed by atoms with E-state index in [4.69, 9.17) is 0 Å². The number of likely N-dealkylation sites (tertiary alicyclic amines) is 1. The number of nitrogens with one attached hydrogen (secondary N) is 3. The number of carbonyl (C=O) groups excluding carboxylic acids is 2. The van der Waals surface area contributed by atoms with Gasteiger partial charge < -0.3 is 10.2 Å². The Hall–Kier alpha value is -2.19. The number of rotatable bonds is 4. The zero-order valence-corrected chi connectivity index (χ0v) is 10.9. The molecule has 1 aromatic heterocycles. The van der Waals surface area contributed by atoms with Crippen LogP contribution in [0.25, 0.3) is 0 Å². The zero-order chi connectivity index (χ0) is 13.8. The molecule has 0 aliphatic carbocycles. The van der Waals surface area contributed by atoms with Crippen LogP contribution in [0.15, 0.2) is 0 Å². The van der Waals surface area contributed by atoms with E-state index in [9.17, 15) is 9.59 Å². The summed E-state index contributed by atoms with van der Waals surface area (Å²) in [7, 11) is 0. The minimum absolute atomic E-state index is 0.115. The first-order valence-electron chi connectivity index (χ1n) is 6.14. The van der Waals surface area contributed by atoms with Crippen LogP contribution in [0.2, 0.25) is 0 Å². The quantitative estimate of drug-likeness (QED) is 0.685. The van der Waals surface area contributed by atoms with Crippen molar-refractivity contribution in [1.82, 2.24) is 30.8 Å². The molecule has 0 bridgehead atoms. The summed E-state index contributed by atoms with van der Waals surface area (Å²) in [6, 6.07) is -0.206. The number of urea groups is 1. The van der Waals surface area contributed by atoms with Crippen molar-refractivity contribution in [1.29, 1.82) is 0 Å². The van der Waals surface area contributed by atoms with Gasteiger partial charge in [-0.2, -0.15) is 5.21 Å². The predicted molar refractivity (Wildman–Crippen MR) is 66.2 cm³/mol. The van der Waals surface area contributed by atoms with Crippen molar-refractivity contribution in [2.75, 3.05) is 18.4 Å². The third kappa shape index (κ3) is 3.39. The first-order valence-corrected chi connectivity index (χ1v) is 6.14. The molecule has 3 amide bonds. The largest absolute Gasteiger partial charge is 0.340 e. The van der Waals surface area contributed by atoms with Gasteiger partial charge in [0.25, 0.3) is 5.95 Å². The van der Waals surface area contributed by atoms with Crippen molar-refractivity contribution >= 4 is 17.9 Å². The minimum Gasteiger partial charge on any atom is -0.340 e. The Bertz CT molecular complexity index is 445. The number of anilines is 1. The number of aromatic nitrogens is 4. The maximum absolute atomic E-state index is 11.7. The van der Waals surface area contributed by atoms with Gasteiger partial charge >= 0.3 is 6.03 Å². The highest BCUT2D eigenvalue weighted by atomic mass is 16.2. The SMILES string of the molecule is CC(C)N1CC(CNC(=O)Nc2nn[nH]n2)CC1=O. The molecular weight excluding hydrogens is 250 g/mol. The molecule has 0 saturated carbocycles. The third-order valence-electron chi connectivity index (χ3n) is 2.98. The Morgan fingerprint density at radius 1 is 1.58 bits per heavy atom. The predicted octanol–water partition coefficient (Wildman–Crippen LogP) is -0.422. The lowest BCUT2D eigenvalue weighted by Crippen LogP contribution is -2.36. The van der Waals surface area contributed by atoms with E-state index in [2.05, 4.69) is 31.3 Å². The molecule has 1 atom stereocenters. The van der Waals surface area contributed by atoms with Crippen LogP contribution in [0, 0.1) is 5.92 Å². The third-order valence-corrected chi connectivity index (χ3v) is 2.98. The van der Waals surface area contributed by atoms with Crippen LogP contribution in [0.3, 0.4) is 0 Å². The van der Waals surface area contributed by atoms with Crippen molar-refractivity contribution < 1.29 is 9.59 Å². The summed E-state index contributed by atoms with van der Waals surface area (Å²) in [6.45, 7) is 5.09. The van der Waals surface area contributed by atoms with Gasteiger partial charge in [-0.05, 0) is 19.1 Å². The lowest BCUT2D eigenvalue weighted by molar-refractivity contribution is -0.129. The number of nitrogens with zero attached hydrogens (tertiary/aromatic N) is 4. The van der Waals surface area contributed by atoms with Crippen LogP contribution in [0.5, 0.6) is 0 Å². The van der Waals surface area contributed by atoms with Gasteiger partial charge in [0.2, 0.25) is 5.91 Å². The highest BCUT2D eigenvalue weighted by molar-refractivity contribution is 5.87. The molecule has 3 N–H and O–H groups in total. The van der Waals surface area contributed by atoms with Crippen LogP contribution in [-0.2, 0) is 4.79 Å². The Balaban J connectivity index is 1.74. The Kier molecular flexibility index (Phi) is 3.93. The van der Waals surface area contributed by atoms with Crippen LogP contribution in [0.4, 0.5) is 10.7 Å². The van der Waals surface area contributed by atoms with Gasteiger partial charge in [-0.15, -0.1) is 5.10 Å². The second-order valence-corrected chi connectivity index (χ2v) is 4.78. The molecule has 1 fully saturated rings. The summed E-state index contributed by atoms with van der Waals surface area (Å²) in [5, 5.41) is 17.9. The summed E-state index contributed by atoms with van der Waals surface area (Å²) in [6.07, 6.45) is 0.473. The van der Waals surface area contributed by atoms with E-state index < -0.39 is 6.03 Å². The van der Waals surface area contributed by atoms with Crippen molar-refractivity contribution in [3.8, 4) is 0 Å². The molecule has 19 heavy (non-hydrogen) atoms. The second-order valence-electron chi connectivity index (χ2n) is 4.78. The fourth-order valence-corrected chi connectivity index (χ4v) is 2.04. The molecule has 0 aromatic carbocycles. The molecule has 9 nitrogen and oxygen atoms in total. The average molecular weight is 267 g/mol. The number of tetrazole rings is 1. The fourth-order valence-electron chi connectivity index (χ4n) is 2.04. The van der Waals surface area contributed by atoms with Crippen molar-refractivity contribution in [3.05, 3.63) is 0 Å². The van der Waals surface area contributed by atoms with E-state index in [1.807, 2.05) is 18.7 Å². The van der Waals surface area contributed by atoms with E-state index >= 15 is 0 Å². The van der Waals surface area contributed by atoms with Crippen molar-refractivity contribution in [2.45, 2.75) is 26.3 Å². The lowest BCUT2D eigenvalue weighted by atomic mass is 10.1. The Labute approximate surface area is 110 Å². The number of hydrogen-bond acceptors (Lipinski definition) is 5. The molecule has 9 heteroatoms. The van der Waals surface area contributed by atoms with E-state index in [0.29, 0.717) is 19.5 Å². The molecule has 1 aromatic rings. The van der Waals surface area contributed by atoms with Gasteiger partial charge in [0, 0.05) is 31.5 Å². The van der Waals surface area contributed by atoms with Crippen LogP contribution < -0.4 is 10.6 Å². The summed E-state index contributed by atoms with van der Waals surface area (Å²) in [4.78, 5) is 25.0. The fraction of sp³-hybridized carbons (Fsp3) is 0.700. The molecule has 1 saturated heterocycles. The van der Waals surface area contributed by atoms with Gasteiger partial charge in [-0.25, -0.2) is 4.79 Å². The molecule has 2 rings (SSSR count). The van der Waals surface area contributed by atoms with E-state index in [-0.39, 0.29) is 23.8 Å². The van der Waals surface area contributed by atoms with Crippen LogP contribution >= 0.6 is 0 Å². The van der Waals surface area contributed by atoms with E-state index in [0.717, 1.165) is 0 Å². The maximum atomic E-state index is 11.7. The van der Waals surface area contributed by atoms with Gasteiger partial charge in [0.15, 0.2) is 0 Å². The first kappa shape index (κ1) is 13.2. The van der Waals surface area contributed by atoms with Gasteiger partial charge in [0.1, 0.15) is 0 Å². The van der Waals surface area contributed by atoms with Crippen molar-refractivity contribution in [2.24, 2.45) is 5.92 Å². The smallest absolute Gasteiger partial charge is 0.321 e. The highest BCUT2D eigenvalue weighted by Gasteiger charge is 2.31. The molecule has 2 heterocycles.